The van der Waals surface area contributed by atoms with Gasteiger partial charge in [0.25, 0.3) is 0 Å². The fraction of sp³-hybridized carbons (Fsp3) is 0.538. The van der Waals surface area contributed by atoms with Gasteiger partial charge >= 0.3 is 0 Å². The fourth-order valence-corrected chi connectivity index (χ4v) is 2.77. The largest absolute Gasteiger partial charge is 0.396 e. The van der Waals surface area contributed by atoms with Crippen LogP contribution in [0, 0.1) is 11.3 Å². The second-order valence-corrected chi connectivity index (χ2v) is 5.62. The van der Waals surface area contributed by atoms with Crippen LogP contribution < -0.4 is 5.73 Å². The van der Waals surface area contributed by atoms with Crippen molar-refractivity contribution in [1.29, 1.82) is 0 Å². The van der Waals surface area contributed by atoms with E-state index in [4.69, 9.17) is 5.73 Å². The standard InChI is InChI=1S/C13H18BrNO/c14-12-4-2-1-3-10(12)7-13(8-15,9-16)11-5-6-11/h1-4,11,16H,5-9,15H2. The van der Waals surface area contributed by atoms with E-state index >= 15 is 0 Å². The summed E-state index contributed by atoms with van der Waals surface area (Å²) in [4.78, 5) is 0. The summed E-state index contributed by atoms with van der Waals surface area (Å²) in [6.45, 7) is 0.755. The minimum absolute atomic E-state index is 0.107. The number of nitrogens with two attached hydrogens (primary N) is 1. The first-order valence-corrected chi connectivity index (χ1v) is 6.55. The van der Waals surface area contributed by atoms with Gasteiger partial charge in [0.1, 0.15) is 0 Å². The summed E-state index contributed by atoms with van der Waals surface area (Å²) in [6.07, 6.45) is 3.29. The zero-order valence-corrected chi connectivity index (χ0v) is 10.9. The Morgan fingerprint density at radius 3 is 2.56 bits per heavy atom. The number of benzene rings is 1. The molecule has 3 heteroatoms. The molecule has 0 aliphatic heterocycles. The molecule has 1 fully saturated rings. The van der Waals surface area contributed by atoms with Crippen LogP contribution in [-0.4, -0.2) is 18.3 Å². The van der Waals surface area contributed by atoms with Gasteiger partial charge in [-0.15, -0.1) is 0 Å². The van der Waals surface area contributed by atoms with Crippen LogP contribution in [0.3, 0.4) is 0 Å². The molecule has 1 aromatic rings. The predicted molar refractivity (Wildman–Crippen MR) is 69.1 cm³/mol. The van der Waals surface area contributed by atoms with Gasteiger partial charge in [-0.2, -0.15) is 0 Å². The van der Waals surface area contributed by atoms with E-state index in [0.717, 1.165) is 10.9 Å². The molecule has 88 valence electrons. The quantitative estimate of drug-likeness (QED) is 0.871. The normalized spacial score (nSPS) is 19.4. The summed E-state index contributed by atoms with van der Waals surface area (Å²) in [5, 5.41) is 9.64. The maximum absolute atomic E-state index is 9.64. The SMILES string of the molecule is NCC(CO)(Cc1ccccc1Br)C1CC1. The van der Waals surface area contributed by atoms with Crippen LogP contribution in [0.5, 0.6) is 0 Å². The maximum Gasteiger partial charge on any atom is 0.0505 e. The molecule has 0 saturated heterocycles. The van der Waals surface area contributed by atoms with Crippen LogP contribution in [-0.2, 0) is 6.42 Å². The number of aliphatic hydroxyl groups is 1. The van der Waals surface area contributed by atoms with E-state index in [9.17, 15) is 5.11 Å². The highest BCUT2D eigenvalue weighted by Crippen LogP contribution is 2.47. The van der Waals surface area contributed by atoms with Crippen LogP contribution in [0.1, 0.15) is 18.4 Å². The molecule has 1 saturated carbocycles. The summed E-state index contributed by atoms with van der Waals surface area (Å²) < 4.78 is 1.11. The first kappa shape index (κ1) is 12.1. The van der Waals surface area contributed by atoms with Crippen molar-refractivity contribution in [1.82, 2.24) is 0 Å². The molecule has 0 amide bonds. The molecule has 1 atom stereocenters. The van der Waals surface area contributed by atoms with Crippen molar-refractivity contribution in [3.05, 3.63) is 34.3 Å². The first-order chi connectivity index (χ1) is 7.72. The zero-order chi connectivity index (χ0) is 11.6. The van der Waals surface area contributed by atoms with Crippen molar-refractivity contribution in [2.24, 2.45) is 17.1 Å². The van der Waals surface area contributed by atoms with E-state index < -0.39 is 0 Å². The summed E-state index contributed by atoms with van der Waals surface area (Å²) >= 11 is 3.55. The van der Waals surface area contributed by atoms with Gasteiger partial charge in [-0.05, 0) is 36.8 Å². The van der Waals surface area contributed by atoms with Gasteiger partial charge < -0.3 is 10.8 Å². The average Bonchev–Trinajstić information content (AvgIpc) is 3.13. The Kier molecular flexibility index (Phi) is 3.67. The Bertz CT molecular complexity index is 359. The second-order valence-electron chi connectivity index (χ2n) is 4.77. The third-order valence-corrected chi connectivity index (χ3v) is 4.44. The van der Waals surface area contributed by atoms with Gasteiger partial charge in [0, 0.05) is 16.4 Å². The highest BCUT2D eigenvalue weighted by molar-refractivity contribution is 9.10. The van der Waals surface area contributed by atoms with Crippen molar-refractivity contribution in [3.63, 3.8) is 0 Å². The Balaban J connectivity index is 2.20. The van der Waals surface area contributed by atoms with Crippen LogP contribution in [0.25, 0.3) is 0 Å². The Hall–Kier alpha value is -0.380. The van der Waals surface area contributed by atoms with E-state index in [1.807, 2.05) is 18.2 Å². The second kappa shape index (κ2) is 4.86. The number of hydrogen-bond acceptors (Lipinski definition) is 2. The average molecular weight is 284 g/mol. The smallest absolute Gasteiger partial charge is 0.0505 e. The lowest BCUT2D eigenvalue weighted by Crippen LogP contribution is -2.38. The Labute approximate surface area is 105 Å². The van der Waals surface area contributed by atoms with Crippen LogP contribution in [0.4, 0.5) is 0 Å². The van der Waals surface area contributed by atoms with Gasteiger partial charge in [0.05, 0.1) is 6.61 Å². The lowest BCUT2D eigenvalue weighted by molar-refractivity contribution is 0.109. The lowest BCUT2D eigenvalue weighted by atomic mass is 9.78. The van der Waals surface area contributed by atoms with Crippen molar-refractivity contribution >= 4 is 15.9 Å². The van der Waals surface area contributed by atoms with Gasteiger partial charge in [-0.1, -0.05) is 34.1 Å². The molecule has 1 aliphatic carbocycles. The predicted octanol–water partition coefficient (Wildman–Crippen LogP) is 2.34. The number of rotatable bonds is 5. The molecule has 0 spiro atoms. The molecule has 3 N–H and O–H groups in total. The van der Waals surface area contributed by atoms with Crippen LogP contribution >= 0.6 is 15.9 Å². The van der Waals surface area contributed by atoms with Gasteiger partial charge in [0.15, 0.2) is 0 Å². The molecular formula is C13H18BrNO. The monoisotopic (exact) mass is 283 g/mol. The van der Waals surface area contributed by atoms with Gasteiger partial charge in [0.2, 0.25) is 0 Å². The van der Waals surface area contributed by atoms with E-state index in [2.05, 4.69) is 22.0 Å². The molecule has 2 nitrogen and oxygen atoms in total. The number of halogens is 1. The molecule has 0 bridgehead atoms. The maximum atomic E-state index is 9.64. The molecule has 1 unspecified atom stereocenters. The molecule has 0 aromatic heterocycles. The Morgan fingerprint density at radius 1 is 1.38 bits per heavy atom. The summed E-state index contributed by atoms with van der Waals surface area (Å²) in [5.74, 6) is 0.606. The van der Waals surface area contributed by atoms with E-state index in [1.165, 1.54) is 18.4 Å². The fourth-order valence-electron chi connectivity index (χ4n) is 2.35. The van der Waals surface area contributed by atoms with Crippen molar-refractivity contribution < 1.29 is 5.11 Å². The minimum Gasteiger partial charge on any atom is -0.396 e. The van der Waals surface area contributed by atoms with Crippen LogP contribution in [0.15, 0.2) is 28.7 Å². The summed E-state index contributed by atoms with van der Waals surface area (Å²) in [5.41, 5.74) is 7.02. The lowest BCUT2D eigenvalue weighted by Gasteiger charge is -2.31. The van der Waals surface area contributed by atoms with E-state index in [0.29, 0.717) is 12.5 Å². The van der Waals surface area contributed by atoms with Crippen molar-refractivity contribution in [2.75, 3.05) is 13.2 Å². The topological polar surface area (TPSA) is 46.2 Å². The highest BCUT2D eigenvalue weighted by atomic mass is 79.9. The number of hydrogen-bond donors (Lipinski definition) is 2. The molecular weight excluding hydrogens is 266 g/mol. The van der Waals surface area contributed by atoms with Crippen LogP contribution in [0.2, 0.25) is 0 Å². The highest BCUT2D eigenvalue weighted by Gasteiger charge is 2.43. The number of aliphatic hydroxyl groups excluding tert-OH is 1. The zero-order valence-electron chi connectivity index (χ0n) is 9.32. The Morgan fingerprint density at radius 2 is 2.06 bits per heavy atom. The minimum atomic E-state index is -0.107. The van der Waals surface area contributed by atoms with E-state index in [1.54, 1.807) is 0 Å². The molecule has 0 radical (unpaired) electrons. The summed E-state index contributed by atoms with van der Waals surface area (Å²) in [6, 6.07) is 8.19. The molecule has 16 heavy (non-hydrogen) atoms. The van der Waals surface area contributed by atoms with E-state index in [-0.39, 0.29) is 12.0 Å². The first-order valence-electron chi connectivity index (χ1n) is 5.76. The molecule has 1 aromatic carbocycles. The third kappa shape index (κ3) is 2.31. The molecule has 0 heterocycles. The molecule has 1 aliphatic rings. The molecule has 2 rings (SSSR count). The third-order valence-electron chi connectivity index (χ3n) is 3.67. The summed E-state index contributed by atoms with van der Waals surface area (Å²) in [7, 11) is 0. The van der Waals surface area contributed by atoms with Crippen molar-refractivity contribution in [3.8, 4) is 0 Å². The van der Waals surface area contributed by atoms with Crippen molar-refractivity contribution in [2.45, 2.75) is 19.3 Å². The van der Waals surface area contributed by atoms with Gasteiger partial charge in [-0.3, -0.25) is 0 Å². The van der Waals surface area contributed by atoms with Gasteiger partial charge in [-0.25, -0.2) is 0 Å².